The zero-order chi connectivity index (χ0) is 14.0. The van der Waals surface area contributed by atoms with Gasteiger partial charge < -0.3 is 15.5 Å². The number of oxazole rings is 1. The zero-order valence-electron chi connectivity index (χ0n) is 10.7. The predicted molar refractivity (Wildman–Crippen MR) is 75.6 cm³/mol. The van der Waals surface area contributed by atoms with E-state index < -0.39 is 5.82 Å². The van der Waals surface area contributed by atoms with Crippen molar-refractivity contribution in [2.75, 3.05) is 5.32 Å². The van der Waals surface area contributed by atoms with Gasteiger partial charge in [0.2, 0.25) is 5.89 Å². The number of hydrogen-bond donors (Lipinski definition) is 2. The second-order valence-corrected chi connectivity index (χ2v) is 4.57. The largest absolute Gasteiger partial charge is 0.444 e. The maximum absolute atomic E-state index is 13.6. The first-order chi connectivity index (χ1) is 8.99. The van der Waals surface area contributed by atoms with Crippen LogP contribution < -0.4 is 11.1 Å². The van der Waals surface area contributed by atoms with E-state index in [0.29, 0.717) is 18.1 Å². The van der Waals surface area contributed by atoms with E-state index in [4.69, 9.17) is 22.4 Å². The lowest BCUT2D eigenvalue weighted by atomic mass is 10.1. The number of hydrogen-bond acceptors (Lipinski definition) is 4. The Hall–Kier alpha value is -1.95. The Labute approximate surface area is 115 Å². The summed E-state index contributed by atoms with van der Waals surface area (Å²) in [6, 6.07) is 4.62. The van der Waals surface area contributed by atoms with Crippen LogP contribution in [0.3, 0.4) is 0 Å². The molecule has 0 atom stereocenters. The second kappa shape index (κ2) is 5.36. The van der Waals surface area contributed by atoms with Gasteiger partial charge in [-0.05, 0) is 26.0 Å². The molecule has 0 bridgehead atoms. The summed E-state index contributed by atoms with van der Waals surface area (Å²) >= 11 is 4.85. The molecule has 0 spiro atoms. The highest BCUT2D eigenvalue weighted by atomic mass is 32.1. The molecule has 0 fully saturated rings. The molecule has 0 aliphatic rings. The molecule has 3 N–H and O–H groups in total. The minimum absolute atomic E-state index is 0.0142. The number of aryl methyl sites for hydroxylation is 2. The fourth-order valence-corrected chi connectivity index (χ4v) is 1.91. The highest BCUT2D eigenvalue weighted by Crippen LogP contribution is 2.20. The van der Waals surface area contributed by atoms with Crippen molar-refractivity contribution in [1.82, 2.24) is 4.98 Å². The number of rotatable bonds is 4. The topological polar surface area (TPSA) is 64.1 Å². The van der Waals surface area contributed by atoms with Gasteiger partial charge in [0.05, 0.1) is 17.8 Å². The number of nitrogens with zero attached hydrogens (tertiary/aromatic N) is 1. The van der Waals surface area contributed by atoms with Crippen LogP contribution >= 0.6 is 12.2 Å². The molecular weight excluding hydrogens is 265 g/mol. The molecule has 0 amide bonds. The summed E-state index contributed by atoms with van der Waals surface area (Å²) in [6.07, 6.45) is 0. The molecule has 4 nitrogen and oxygen atoms in total. The minimum atomic E-state index is -0.447. The molecule has 6 heteroatoms. The number of nitrogens with one attached hydrogen (secondary N) is 1. The normalized spacial score (nSPS) is 10.5. The summed E-state index contributed by atoms with van der Waals surface area (Å²) < 4.78 is 19.1. The first-order valence-electron chi connectivity index (χ1n) is 5.74. The van der Waals surface area contributed by atoms with Crippen LogP contribution in [0.15, 0.2) is 22.6 Å². The van der Waals surface area contributed by atoms with E-state index in [2.05, 4.69) is 10.3 Å². The Kier molecular flexibility index (Phi) is 3.80. The number of nitrogens with two attached hydrogens (primary N) is 1. The Morgan fingerprint density at radius 2 is 2.21 bits per heavy atom. The fourth-order valence-electron chi connectivity index (χ4n) is 1.71. The van der Waals surface area contributed by atoms with E-state index in [1.54, 1.807) is 12.1 Å². The third kappa shape index (κ3) is 2.90. The summed E-state index contributed by atoms with van der Waals surface area (Å²) in [5.74, 6) is 0.857. The summed E-state index contributed by atoms with van der Waals surface area (Å²) in [5.41, 5.74) is 7.10. The van der Waals surface area contributed by atoms with Gasteiger partial charge in [0, 0.05) is 5.69 Å². The number of thiocarbonyl (C=S) groups is 1. The van der Waals surface area contributed by atoms with Crippen molar-refractivity contribution in [2.24, 2.45) is 5.73 Å². The summed E-state index contributed by atoms with van der Waals surface area (Å²) in [6.45, 7) is 4.05. The van der Waals surface area contributed by atoms with E-state index in [9.17, 15) is 4.39 Å². The maximum atomic E-state index is 13.6. The van der Waals surface area contributed by atoms with Gasteiger partial charge in [0.15, 0.2) is 0 Å². The monoisotopic (exact) mass is 279 g/mol. The van der Waals surface area contributed by atoms with E-state index in [1.807, 2.05) is 13.8 Å². The molecule has 1 aromatic heterocycles. The lowest BCUT2D eigenvalue weighted by molar-refractivity contribution is 0.478. The van der Waals surface area contributed by atoms with Crippen molar-refractivity contribution in [3.63, 3.8) is 0 Å². The molecule has 2 aromatic rings. The van der Waals surface area contributed by atoms with Crippen molar-refractivity contribution in [3.8, 4) is 0 Å². The molecule has 0 unspecified atom stereocenters. The number of anilines is 1. The Bertz CT molecular complexity index is 605. The summed E-state index contributed by atoms with van der Waals surface area (Å²) in [7, 11) is 0. The molecule has 0 aliphatic heterocycles. The van der Waals surface area contributed by atoms with Gasteiger partial charge in [-0.3, -0.25) is 0 Å². The maximum Gasteiger partial charge on any atom is 0.213 e. The van der Waals surface area contributed by atoms with Crippen LogP contribution in [0.25, 0.3) is 0 Å². The van der Waals surface area contributed by atoms with Gasteiger partial charge in [-0.1, -0.05) is 18.3 Å². The van der Waals surface area contributed by atoms with E-state index in [0.717, 1.165) is 11.5 Å². The highest BCUT2D eigenvalue weighted by molar-refractivity contribution is 7.80. The first kappa shape index (κ1) is 13.5. The molecule has 0 saturated carbocycles. The average molecular weight is 279 g/mol. The van der Waals surface area contributed by atoms with Gasteiger partial charge in [0.1, 0.15) is 16.6 Å². The lowest BCUT2D eigenvalue weighted by Crippen LogP contribution is -2.15. The van der Waals surface area contributed by atoms with Crippen LogP contribution in [0.1, 0.15) is 22.9 Å². The second-order valence-electron chi connectivity index (χ2n) is 4.13. The van der Waals surface area contributed by atoms with Crippen LogP contribution in [0.4, 0.5) is 10.1 Å². The summed E-state index contributed by atoms with van der Waals surface area (Å²) in [4.78, 5) is 4.25. The van der Waals surface area contributed by atoms with Crippen LogP contribution in [0, 0.1) is 19.7 Å². The van der Waals surface area contributed by atoms with Crippen LogP contribution in [-0.2, 0) is 6.54 Å². The summed E-state index contributed by atoms with van der Waals surface area (Å²) in [5, 5.41) is 3.03. The van der Waals surface area contributed by atoms with E-state index in [-0.39, 0.29) is 10.6 Å². The SMILES string of the molecule is Cc1nc(CNc2cccc(F)c2C(N)=S)oc1C. The third-order valence-corrected chi connectivity index (χ3v) is 2.97. The molecular formula is C13H14FN3OS. The smallest absolute Gasteiger partial charge is 0.213 e. The van der Waals surface area contributed by atoms with Crippen molar-refractivity contribution < 1.29 is 8.81 Å². The van der Waals surface area contributed by atoms with Gasteiger partial charge in [-0.25, -0.2) is 9.37 Å². The van der Waals surface area contributed by atoms with Crippen LogP contribution in [-0.4, -0.2) is 9.97 Å². The molecule has 0 aliphatic carbocycles. The quantitative estimate of drug-likeness (QED) is 0.842. The van der Waals surface area contributed by atoms with E-state index in [1.165, 1.54) is 6.07 Å². The van der Waals surface area contributed by atoms with Crippen LogP contribution in [0.5, 0.6) is 0 Å². The Morgan fingerprint density at radius 1 is 1.47 bits per heavy atom. The molecule has 1 aromatic carbocycles. The minimum Gasteiger partial charge on any atom is -0.444 e. The van der Waals surface area contributed by atoms with Gasteiger partial charge in [0.25, 0.3) is 0 Å². The Balaban J connectivity index is 2.20. The van der Waals surface area contributed by atoms with E-state index >= 15 is 0 Å². The standard InChI is InChI=1S/C13H14FN3OS/c1-7-8(2)18-11(17-7)6-16-10-5-3-4-9(14)12(10)13(15)19/h3-5,16H,6H2,1-2H3,(H2,15,19). The molecule has 1 heterocycles. The number of halogens is 1. The molecule has 100 valence electrons. The molecule has 0 radical (unpaired) electrons. The van der Waals surface area contributed by atoms with Crippen molar-refractivity contribution in [3.05, 3.63) is 46.9 Å². The predicted octanol–water partition coefficient (Wildman–Crippen LogP) is 2.68. The van der Waals surface area contributed by atoms with Gasteiger partial charge in [-0.15, -0.1) is 0 Å². The van der Waals surface area contributed by atoms with Crippen LogP contribution in [0.2, 0.25) is 0 Å². The van der Waals surface area contributed by atoms with Gasteiger partial charge in [-0.2, -0.15) is 0 Å². The zero-order valence-corrected chi connectivity index (χ0v) is 11.5. The molecule has 2 rings (SSSR count). The van der Waals surface area contributed by atoms with Crippen molar-refractivity contribution in [2.45, 2.75) is 20.4 Å². The lowest BCUT2D eigenvalue weighted by Gasteiger charge is -2.10. The van der Waals surface area contributed by atoms with Crippen molar-refractivity contribution in [1.29, 1.82) is 0 Å². The average Bonchev–Trinajstić information content (AvgIpc) is 2.65. The van der Waals surface area contributed by atoms with Crippen molar-refractivity contribution >= 4 is 22.9 Å². The highest BCUT2D eigenvalue weighted by Gasteiger charge is 2.12. The number of aromatic nitrogens is 1. The fraction of sp³-hybridized carbons (Fsp3) is 0.231. The molecule has 19 heavy (non-hydrogen) atoms. The number of benzene rings is 1. The van der Waals surface area contributed by atoms with Gasteiger partial charge >= 0.3 is 0 Å². The first-order valence-corrected chi connectivity index (χ1v) is 6.15. The third-order valence-electron chi connectivity index (χ3n) is 2.76. The molecule has 0 saturated heterocycles. The Morgan fingerprint density at radius 3 is 2.79 bits per heavy atom.